The van der Waals surface area contributed by atoms with E-state index in [0.717, 1.165) is 5.56 Å². The second kappa shape index (κ2) is 10.4. The van der Waals surface area contributed by atoms with Crippen molar-refractivity contribution in [3.05, 3.63) is 89.0 Å². The molecule has 0 aliphatic carbocycles. The number of sulfonamides is 1. The molecule has 0 saturated heterocycles. The fourth-order valence-corrected chi connectivity index (χ4v) is 4.56. The van der Waals surface area contributed by atoms with E-state index in [1.54, 1.807) is 56.3 Å². The van der Waals surface area contributed by atoms with Gasteiger partial charge in [-0.15, -0.1) is 0 Å². The van der Waals surface area contributed by atoms with Gasteiger partial charge in [0.15, 0.2) is 0 Å². The molecule has 3 aromatic rings. The molecule has 0 aromatic heterocycles. The largest absolute Gasteiger partial charge is 0.320 e. The predicted octanol–water partition coefficient (Wildman–Crippen LogP) is 5.10. The highest BCUT2D eigenvalue weighted by atomic mass is 32.2. The first-order valence-corrected chi connectivity index (χ1v) is 12.8. The van der Waals surface area contributed by atoms with Crippen molar-refractivity contribution in [2.45, 2.75) is 44.9 Å². The summed E-state index contributed by atoms with van der Waals surface area (Å²) in [5.41, 5.74) is 3.28. The molecule has 0 aliphatic heterocycles. The van der Waals surface area contributed by atoms with Crippen LogP contribution in [0.15, 0.2) is 71.6 Å². The molecule has 35 heavy (non-hydrogen) atoms. The van der Waals surface area contributed by atoms with Crippen LogP contribution >= 0.6 is 0 Å². The third-order valence-corrected chi connectivity index (χ3v) is 7.08. The standard InChI is InChI=1S/C27H31N3O4S/c1-6-28-35(33,34)21-16-11-18(2)22(17-21)26(32)30-24-10-8-7-9-23(24)29-25(31)19-12-14-20(15-13-19)27(3,4)5/h7-17,28H,6H2,1-5H3,(H,29,31)(H,30,32). The number of hydrogen-bond donors (Lipinski definition) is 3. The molecule has 0 spiro atoms. The smallest absolute Gasteiger partial charge is 0.256 e. The van der Waals surface area contributed by atoms with Gasteiger partial charge in [0.05, 0.1) is 16.3 Å². The van der Waals surface area contributed by atoms with Crippen LogP contribution in [0.5, 0.6) is 0 Å². The summed E-state index contributed by atoms with van der Waals surface area (Å²) in [7, 11) is -3.71. The summed E-state index contributed by atoms with van der Waals surface area (Å²) >= 11 is 0. The number of nitrogens with one attached hydrogen (secondary N) is 3. The normalized spacial score (nSPS) is 11.7. The summed E-state index contributed by atoms with van der Waals surface area (Å²) in [6.07, 6.45) is 0. The molecule has 7 nitrogen and oxygen atoms in total. The molecule has 2 amide bonds. The molecule has 3 aromatic carbocycles. The lowest BCUT2D eigenvalue weighted by Crippen LogP contribution is -2.24. The molecule has 184 valence electrons. The molecular formula is C27H31N3O4S. The van der Waals surface area contributed by atoms with Crippen molar-refractivity contribution in [2.24, 2.45) is 0 Å². The zero-order valence-electron chi connectivity index (χ0n) is 20.6. The van der Waals surface area contributed by atoms with Crippen LogP contribution in [0.1, 0.15) is 59.5 Å². The molecule has 0 atom stereocenters. The lowest BCUT2D eigenvalue weighted by Gasteiger charge is -2.19. The Morgan fingerprint density at radius 1 is 0.829 bits per heavy atom. The van der Waals surface area contributed by atoms with Gasteiger partial charge < -0.3 is 10.6 Å². The first-order chi connectivity index (χ1) is 16.4. The van der Waals surface area contributed by atoms with Gasteiger partial charge in [0.1, 0.15) is 0 Å². The Bertz CT molecular complexity index is 1340. The average molecular weight is 494 g/mol. The Hall–Kier alpha value is -3.49. The number of carbonyl (C=O) groups is 2. The van der Waals surface area contributed by atoms with Gasteiger partial charge in [-0.1, -0.05) is 58.0 Å². The number of para-hydroxylation sites is 2. The number of rotatable bonds is 7. The molecule has 3 N–H and O–H groups in total. The van der Waals surface area contributed by atoms with Crippen molar-refractivity contribution in [2.75, 3.05) is 17.2 Å². The van der Waals surface area contributed by atoms with E-state index in [-0.39, 0.29) is 28.3 Å². The minimum atomic E-state index is -3.71. The van der Waals surface area contributed by atoms with E-state index < -0.39 is 15.9 Å². The summed E-state index contributed by atoms with van der Waals surface area (Å²) in [5, 5.41) is 5.64. The molecule has 0 aliphatic rings. The molecule has 0 heterocycles. The van der Waals surface area contributed by atoms with Crippen LogP contribution in [-0.2, 0) is 15.4 Å². The lowest BCUT2D eigenvalue weighted by atomic mass is 9.87. The Labute approximate surface area is 207 Å². The van der Waals surface area contributed by atoms with E-state index in [1.165, 1.54) is 12.1 Å². The zero-order valence-corrected chi connectivity index (χ0v) is 21.4. The highest BCUT2D eigenvalue weighted by Gasteiger charge is 2.19. The highest BCUT2D eigenvalue weighted by molar-refractivity contribution is 7.89. The predicted molar refractivity (Wildman–Crippen MR) is 140 cm³/mol. The van der Waals surface area contributed by atoms with E-state index in [0.29, 0.717) is 22.5 Å². The van der Waals surface area contributed by atoms with E-state index in [1.807, 2.05) is 12.1 Å². The fourth-order valence-electron chi connectivity index (χ4n) is 3.49. The van der Waals surface area contributed by atoms with Gasteiger partial charge >= 0.3 is 0 Å². The number of aryl methyl sites for hydroxylation is 1. The molecule has 0 unspecified atom stereocenters. The average Bonchev–Trinajstić information content (AvgIpc) is 2.80. The number of amides is 2. The fraction of sp³-hybridized carbons (Fsp3) is 0.259. The number of hydrogen-bond acceptors (Lipinski definition) is 4. The molecule has 3 rings (SSSR count). The quantitative estimate of drug-likeness (QED) is 0.426. The monoisotopic (exact) mass is 493 g/mol. The second-order valence-corrected chi connectivity index (χ2v) is 11.0. The Balaban J connectivity index is 1.82. The van der Waals surface area contributed by atoms with Gasteiger partial charge in [-0.2, -0.15) is 0 Å². The summed E-state index contributed by atoms with van der Waals surface area (Å²) < 4.78 is 27.2. The first-order valence-electron chi connectivity index (χ1n) is 11.3. The Kier molecular flexibility index (Phi) is 7.77. The van der Waals surface area contributed by atoms with Gasteiger partial charge in [-0.3, -0.25) is 9.59 Å². The molecule has 8 heteroatoms. The van der Waals surface area contributed by atoms with Crippen molar-refractivity contribution in [3.8, 4) is 0 Å². The summed E-state index contributed by atoms with van der Waals surface area (Å²) in [6, 6.07) is 18.7. The lowest BCUT2D eigenvalue weighted by molar-refractivity contribution is 0.101. The first kappa shape index (κ1) is 26.1. The maximum Gasteiger partial charge on any atom is 0.256 e. The topological polar surface area (TPSA) is 104 Å². The summed E-state index contributed by atoms with van der Waals surface area (Å²) in [5.74, 6) is -0.783. The number of benzene rings is 3. The van der Waals surface area contributed by atoms with Crippen LogP contribution in [-0.4, -0.2) is 26.8 Å². The number of carbonyl (C=O) groups excluding carboxylic acids is 2. The third kappa shape index (κ3) is 6.35. The van der Waals surface area contributed by atoms with Gasteiger partial charge in [0.2, 0.25) is 10.0 Å². The Morgan fingerprint density at radius 3 is 1.94 bits per heavy atom. The van der Waals surface area contributed by atoms with Crippen LogP contribution in [0.25, 0.3) is 0 Å². The molecule has 0 fully saturated rings. The van der Waals surface area contributed by atoms with E-state index in [2.05, 4.69) is 36.1 Å². The highest BCUT2D eigenvalue weighted by Crippen LogP contribution is 2.25. The van der Waals surface area contributed by atoms with Gasteiger partial charge in [-0.25, -0.2) is 13.1 Å². The van der Waals surface area contributed by atoms with Crippen LogP contribution in [0, 0.1) is 6.92 Å². The SMILES string of the molecule is CCNS(=O)(=O)c1ccc(C)c(C(=O)Nc2ccccc2NC(=O)c2ccc(C(C)(C)C)cc2)c1. The summed E-state index contributed by atoms with van der Waals surface area (Å²) in [4.78, 5) is 25.9. The molecular weight excluding hydrogens is 462 g/mol. The zero-order chi connectivity index (χ0) is 25.8. The number of anilines is 2. The second-order valence-electron chi connectivity index (χ2n) is 9.26. The van der Waals surface area contributed by atoms with Gasteiger partial charge in [-0.05, 0) is 59.9 Å². The maximum absolute atomic E-state index is 13.1. The van der Waals surface area contributed by atoms with Crippen molar-refractivity contribution >= 4 is 33.2 Å². The van der Waals surface area contributed by atoms with Gasteiger partial charge in [0.25, 0.3) is 11.8 Å². The molecule has 0 bridgehead atoms. The van der Waals surface area contributed by atoms with E-state index >= 15 is 0 Å². The van der Waals surface area contributed by atoms with Crippen molar-refractivity contribution in [1.29, 1.82) is 0 Å². The maximum atomic E-state index is 13.1. The van der Waals surface area contributed by atoms with Crippen LogP contribution in [0.3, 0.4) is 0 Å². The Morgan fingerprint density at radius 2 is 1.40 bits per heavy atom. The molecule has 0 radical (unpaired) electrons. The van der Waals surface area contributed by atoms with Gasteiger partial charge in [0, 0.05) is 17.7 Å². The minimum Gasteiger partial charge on any atom is -0.320 e. The van der Waals surface area contributed by atoms with Crippen LogP contribution in [0.2, 0.25) is 0 Å². The minimum absolute atomic E-state index is 0.00962. The van der Waals surface area contributed by atoms with Crippen molar-refractivity contribution < 1.29 is 18.0 Å². The third-order valence-electron chi connectivity index (χ3n) is 5.53. The van der Waals surface area contributed by atoms with E-state index in [9.17, 15) is 18.0 Å². The van der Waals surface area contributed by atoms with Crippen LogP contribution < -0.4 is 15.4 Å². The summed E-state index contributed by atoms with van der Waals surface area (Å²) in [6.45, 7) is 9.97. The van der Waals surface area contributed by atoms with Crippen LogP contribution in [0.4, 0.5) is 11.4 Å². The van der Waals surface area contributed by atoms with Crippen molar-refractivity contribution in [1.82, 2.24) is 4.72 Å². The molecule has 0 saturated carbocycles. The van der Waals surface area contributed by atoms with E-state index in [4.69, 9.17) is 0 Å². The van der Waals surface area contributed by atoms with Crippen molar-refractivity contribution in [3.63, 3.8) is 0 Å².